The van der Waals surface area contributed by atoms with Crippen LogP contribution in [0.15, 0.2) is 36.4 Å². The van der Waals surface area contributed by atoms with Crippen LogP contribution in [0.25, 0.3) is 10.2 Å². The number of thiazole rings is 1. The van der Waals surface area contributed by atoms with Crippen molar-refractivity contribution in [1.82, 2.24) is 9.88 Å². The number of aromatic nitrogens is 1. The molecule has 2 saturated heterocycles. The Bertz CT molecular complexity index is 1190. The van der Waals surface area contributed by atoms with Gasteiger partial charge in [-0.05, 0) is 43.2 Å². The second-order valence-electron chi connectivity index (χ2n) is 8.04. The first-order valence-electron chi connectivity index (χ1n) is 10.6. The zero-order valence-corrected chi connectivity index (χ0v) is 18.9. The minimum atomic E-state index is -0.387. The number of fused-ring (bicyclic) bond motifs is 1. The van der Waals surface area contributed by atoms with Crippen LogP contribution in [0.1, 0.15) is 23.2 Å². The van der Waals surface area contributed by atoms with Crippen LogP contribution < -0.4 is 9.80 Å². The van der Waals surface area contributed by atoms with Crippen molar-refractivity contribution in [2.75, 3.05) is 49.1 Å². The minimum absolute atomic E-state index is 0.00419. The summed E-state index contributed by atoms with van der Waals surface area (Å²) in [5, 5.41) is 13.3. The maximum atomic E-state index is 13.1. The van der Waals surface area contributed by atoms with E-state index in [0.717, 1.165) is 41.3 Å². The lowest BCUT2D eigenvalue weighted by Crippen LogP contribution is -2.48. The predicted molar refractivity (Wildman–Crippen MR) is 127 cm³/mol. The van der Waals surface area contributed by atoms with Crippen molar-refractivity contribution in [3.8, 4) is 0 Å². The molecule has 0 aliphatic carbocycles. The van der Waals surface area contributed by atoms with Crippen LogP contribution in [0.3, 0.4) is 0 Å². The van der Waals surface area contributed by atoms with Gasteiger partial charge in [-0.3, -0.25) is 14.9 Å². The van der Waals surface area contributed by atoms with E-state index in [9.17, 15) is 14.9 Å². The van der Waals surface area contributed by atoms with Gasteiger partial charge in [-0.25, -0.2) is 4.98 Å². The Balaban J connectivity index is 1.29. The van der Waals surface area contributed by atoms with Crippen molar-refractivity contribution in [1.29, 1.82) is 0 Å². The molecule has 0 N–H and O–H groups in total. The molecule has 3 aromatic rings. The van der Waals surface area contributed by atoms with E-state index in [0.29, 0.717) is 42.5 Å². The van der Waals surface area contributed by atoms with E-state index < -0.39 is 0 Å². The number of rotatable bonds is 4. The van der Waals surface area contributed by atoms with Crippen LogP contribution in [0.4, 0.5) is 16.5 Å². The second kappa shape index (κ2) is 8.55. The molecule has 3 heterocycles. The zero-order valence-electron chi connectivity index (χ0n) is 17.4. The lowest BCUT2D eigenvalue weighted by atomic mass is 10.1. The second-order valence-corrected chi connectivity index (χ2v) is 9.49. The lowest BCUT2D eigenvalue weighted by Gasteiger charge is -2.34. The number of piperazine rings is 1. The molecule has 166 valence electrons. The van der Waals surface area contributed by atoms with Crippen LogP contribution in [0, 0.1) is 10.1 Å². The summed E-state index contributed by atoms with van der Waals surface area (Å²) in [4.78, 5) is 35.0. The number of nitro groups is 1. The van der Waals surface area contributed by atoms with E-state index in [-0.39, 0.29) is 16.5 Å². The molecule has 0 atom stereocenters. The molecule has 2 aromatic carbocycles. The van der Waals surface area contributed by atoms with Gasteiger partial charge in [0.25, 0.3) is 11.6 Å². The predicted octanol–water partition coefficient (Wildman–Crippen LogP) is 4.42. The van der Waals surface area contributed by atoms with Crippen molar-refractivity contribution in [2.24, 2.45) is 0 Å². The molecule has 0 saturated carbocycles. The molecule has 2 fully saturated rings. The summed E-state index contributed by atoms with van der Waals surface area (Å²) in [7, 11) is 0. The van der Waals surface area contributed by atoms with Gasteiger partial charge >= 0.3 is 0 Å². The molecule has 0 spiro atoms. The zero-order chi connectivity index (χ0) is 22.2. The monoisotopic (exact) mass is 471 g/mol. The molecule has 0 bridgehead atoms. The number of hydrogen-bond donors (Lipinski definition) is 0. The van der Waals surface area contributed by atoms with Crippen molar-refractivity contribution in [3.63, 3.8) is 0 Å². The van der Waals surface area contributed by atoms with Crippen LogP contribution in [-0.4, -0.2) is 60.0 Å². The Hall–Kier alpha value is -2.91. The Kier molecular flexibility index (Phi) is 5.60. The number of benzene rings is 2. The Morgan fingerprint density at radius 2 is 1.75 bits per heavy atom. The molecule has 0 unspecified atom stereocenters. The highest BCUT2D eigenvalue weighted by molar-refractivity contribution is 7.22. The number of halogens is 1. The molecule has 2 aliphatic heterocycles. The molecule has 10 heteroatoms. The summed E-state index contributed by atoms with van der Waals surface area (Å²) in [5.74, 6) is -0.170. The molecule has 1 amide bonds. The molecule has 2 aliphatic rings. The smallest absolute Gasteiger partial charge is 0.293 e. The van der Waals surface area contributed by atoms with Gasteiger partial charge in [0.1, 0.15) is 5.69 Å². The van der Waals surface area contributed by atoms with Gasteiger partial charge in [0.15, 0.2) is 5.13 Å². The molecule has 1 aromatic heterocycles. The lowest BCUT2D eigenvalue weighted by molar-refractivity contribution is -0.384. The number of nitro benzene ring substituents is 1. The molecule has 8 nitrogen and oxygen atoms in total. The average molecular weight is 472 g/mol. The number of amides is 1. The van der Waals surface area contributed by atoms with Gasteiger partial charge < -0.3 is 14.7 Å². The van der Waals surface area contributed by atoms with Crippen LogP contribution in [-0.2, 0) is 0 Å². The van der Waals surface area contributed by atoms with Gasteiger partial charge in [0.05, 0.1) is 15.1 Å². The molecular weight excluding hydrogens is 450 g/mol. The standard InChI is InChI=1S/C22H22ClN5O3S/c23-16-4-5-17-20(14-16)32-22(24-17)27-11-9-26(10-12-27)21(29)15-3-6-18(19(13-15)28(30)31)25-7-1-2-8-25/h3-6,13-14H,1-2,7-12H2. The fourth-order valence-corrected chi connectivity index (χ4v) is 5.63. The normalized spacial score (nSPS) is 16.7. The van der Waals surface area contributed by atoms with Crippen molar-refractivity contribution in [3.05, 3.63) is 57.1 Å². The van der Waals surface area contributed by atoms with Crippen LogP contribution >= 0.6 is 22.9 Å². The van der Waals surface area contributed by atoms with Crippen molar-refractivity contribution < 1.29 is 9.72 Å². The summed E-state index contributed by atoms with van der Waals surface area (Å²) in [6.07, 6.45) is 2.06. The third-order valence-electron chi connectivity index (χ3n) is 6.04. The first kappa shape index (κ1) is 21.0. The highest BCUT2D eigenvalue weighted by atomic mass is 35.5. The van der Waals surface area contributed by atoms with Crippen molar-refractivity contribution >= 4 is 55.6 Å². The van der Waals surface area contributed by atoms with Gasteiger partial charge in [0, 0.05) is 55.9 Å². The molecular formula is C22H22ClN5O3S. The van der Waals surface area contributed by atoms with Gasteiger partial charge in [-0.1, -0.05) is 22.9 Å². The first-order chi connectivity index (χ1) is 15.5. The van der Waals surface area contributed by atoms with E-state index in [1.807, 2.05) is 23.1 Å². The van der Waals surface area contributed by atoms with E-state index in [4.69, 9.17) is 11.6 Å². The maximum Gasteiger partial charge on any atom is 0.293 e. The number of carbonyl (C=O) groups is 1. The first-order valence-corrected chi connectivity index (χ1v) is 11.8. The Morgan fingerprint density at radius 1 is 1.00 bits per heavy atom. The Morgan fingerprint density at radius 3 is 2.47 bits per heavy atom. The van der Waals surface area contributed by atoms with Gasteiger partial charge in [-0.15, -0.1) is 0 Å². The summed E-state index contributed by atoms with van der Waals surface area (Å²) in [6.45, 7) is 4.02. The van der Waals surface area contributed by atoms with E-state index >= 15 is 0 Å². The SMILES string of the molecule is O=C(c1ccc(N2CCCC2)c([N+](=O)[O-])c1)N1CCN(c2nc3ccc(Cl)cc3s2)CC1. The fraction of sp³-hybridized carbons (Fsp3) is 0.364. The fourth-order valence-electron chi connectivity index (χ4n) is 4.33. The third kappa shape index (κ3) is 3.98. The highest BCUT2D eigenvalue weighted by Crippen LogP contribution is 2.33. The topological polar surface area (TPSA) is 82.8 Å². The molecule has 5 rings (SSSR count). The summed E-state index contributed by atoms with van der Waals surface area (Å²) in [5.41, 5.74) is 1.88. The number of nitrogens with zero attached hydrogens (tertiary/aromatic N) is 5. The van der Waals surface area contributed by atoms with E-state index in [2.05, 4.69) is 9.88 Å². The number of carbonyl (C=O) groups excluding carboxylic acids is 1. The van der Waals surface area contributed by atoms with Crippen LogP contribution in [0.2, 0.25) is 5.02 Å². The summed E-state index contributed by atoms with van der Waals surface area (Å²) in [6, 6.07) is 10.5. The summed E-state index contributed by atoms with van der Waals surface area (Å²) < 4.78 is 1.04. The third-order valence-corrected chi connectivity index (χ3v) is 7.36. The van der Waals surface area contributed by atoms with Crippen molar-refractivity contribution in [2.45, 2.75) is 12.8 Å². The van der Waals surface area contributed by atoms with E-state index in [1.54, 1.807) is 28.4 Å². The maximum absolute atomic E-state index is 13.1. The largest absolute Gasteiger partial charge is 0.366 e. The molecule has 32 heavy (non-hydrogen) atoms. The van der Waals surface area contributed by atoms with Crippen LogP contribution in [0.5, 0.6) is 0 Å². The average Bonchev–Trinajstić information content (AvgIpc) is 3.48. The number of anilines is 2. The van der Waals surface area contributed by atoms with Gasteiger partial charge in [-0.2, -0.15) is 0 Å². The van der Waals surface area contributed by atoms with Gasteiger partial charge in [0.2, 0.25) is 0 Å². The van der Waals surface area contributed by atoms with E-state index in [1.165, 1.54) is 6.07 Å². The Labute approximate surface area is 194 Å². The molecule has 0 radical (unpaired) electrons. The minimum Gasteiger partial charge on any atom is -0.366 e. The quantitative estimate of drug-likeness (QED) is 0.413. The summed E-state index contributed by atoms with van der Waals surface area (Å²) >= 11 is 7.67. The number of hydrogen-bond acceptors (Lipinski definition) is 7. The highest BCUT2D eigenvalue weighted by Gasteiger charge is 2.27.